The van der Waals surface area contributed by atoms with Crippen molar-refractivity contribution in [2.24, 2.45) is 3.77 Å². The highest BCUT2D eigenvalue weighted by Gasteiger charge is 2.10. The summed E-state index contributed by atoms with van der Waals surface area (Å²) in [5.74, 6) is 0.623. The molecule has 0 amide bonds. The number of hydrogen-bond donors (Lipinski definition) is 1. The zero-order valence-electron chi connectivity index (χ0n) is 7.84. The molecule has 0 fully saturated rings. The molecule has 0 aliphatic carbocycles. The van der Waals surface area contributed by atoms with Crippen LogP contribution in [0.4, 0.5) is 0 Å². The van der Waals surface area contributed by atoms with Gasteiger partial charge in [-0.1, -0.05) is 11.6 Å². The first-order chi connectivity index (χ1) is 6.60. The summed E-state index contributed by atoms with van der Waals surface area (Å²) in [6.07, 6.45) is 1.65. The molecule has 0 N–H and O–H groups in total. The van der Waals surface area contributed by atoms with Crippen molar-refractivity contribution in [2.45, 2.75) is 4.90 Å². The van der Waals surface area contributed by atoms with E-state index >= 15 is 0 Å². The van der Waals surface area contributed by atoms with Gasteiger partial charge in [-0.15, -0.1) is 3.77 Å². The predicted octanol–water partition coefficient (Wildman–Crippen LogP) is 1.01. The fraction of sp³-hybridized carbons (Fsp3) is 0.250. The van der Waals surface area contributed by atoms with Crippen LogP contribution in [0.5, 0.6) is 5.75 Å². The number of nitrogens with zero attached hydrogens (tertiary/aromatic N) is 1. The highest BCUT2D eigenvalue weighted by molar-refractivity contribution is 7.94. The van der Waals surface area contributed by atoms with Gasteiger partial charge in [0.25, 0.3) is 10.0 Å². The largest absolute Gasteiger partial charge is 0.497 e. The van der Waals surface area contributed by atoms with Gasteiger partial charge in [0.2, 0.25) is 0 Å². The molecule has 1 rings (SSSR count). The number of benzene rings is 1. The van der Waals surface area contributed by atoms with E-state index < -0.39 is 10.0 Å². The molecule has 0 heterocycles. The standard InChI is InChI=1S/C8H11NO3S2/c1-12-7-3-5-8(6-4-7)14(10,11)9-13-2/h3-6,13H,1-2H3. The topological polar surface area (TPSA) is 55.7 Å². The highest BCUT2D eigenvalue weighted by Crippen LogP contribution is 2.16. The minimum Gasteiger partial charge on any atom is -0.497 e. The van der Waals surface area contributed by atoms with Crippen molar-refractivity contribution in [2.75, 3.05) is 13.4 Å². The monoisotopic (exact) mass is 233 g/mol. The number of rotatable bonds is 3. The molecule has 0 atom stereocenters. The molecule has 0 saturated carbocycles. The maximum Gasteiger partial charge on any atom is 0.287 e. The van der Waals surface area contributed by atoms with Crippen LogP contribution in [0.25, 0.3) is 0 Å². The van der Waals surface area contributed by atoms with Crippen LogP contribution in [0.3, 0.4) is 0 Å². The molecule has 0 saturated heterocycles. The Kier molecular flexibility index (Phi) is 3.65. The Morgan fingerprint density at radius 2 is 1.86 bits per heavy atom. The van der Waals surface area contributed by atoms with Crippen molar-refractivity contribution >= 4 is 21.6 Å². The molecule has 0 aromatic heterocycles. The summed E-state index contributed by atoms with van der Waals surface area (Å²) in [5.41, 5.74) is 0. The van der Waals surface area contributed by atoms with E-state index in [9.17, 15) is 8.42 Å². The smallest absolute Gasteiger partial charge is 0.287 e. The van der Waals surface area contributed by atoms with Crippen molar-refractivity contribution in [1.82, 2.24) is 0 Å². The van der Waals surface area contributed by atoms with E-state index in [-0.39, 0.29) is 4.90 Å². The Morgan fingerprint density at radius 3 is 2.29 bits per heavy atom. The molecule has 4 nitrogen and oxygen atoms in total. The Hall–Kier alpha value is -0.880. The Bertz CT molecular complexity index is 422. The summed E-state index contributed by atoms with van der Waals surface area (Å²) in [4.78, 5) is 0.188. The van der Waals surface area contributed by atoms with Crippen LogP contribution in [0, 0.1) is 0 Å². The molecular weight excluding hydrogens is 222 g/mol. The summed E-state index contributed by atoms with van der Waals surface area (Å²) < 4.78 is 31.2. The average Bonchev–Trinajstić information content (AvgIpc) is 2.18. The van der Waals surface area contributed by atoms with Gasteiger partial charge in [0.05, 0.1) is 12.0 Å². The molecule has 0 radical (unpaired) electrons. The van der Waals surface area contributed by atoms with E-state index in [1.54, 1.807) is 18.4 Å². The van der Waals surface area contributed by atoms with Crippen molar-refractivity contribution in [3.8, 4) is 5.75 Å². The molecule has 78 valence electrons. The third-order valence-electron chi connectivity index (χ3n) is 1.55. The van der Waals surface area contributed by atoms with Gasteiger partial charge < -0.3 is 4.74 Å². The van der Waals surface area contributed by atoms with Crippen LogP contribution in [-0.4, -0.2) is 21.8 Å². The van der Waals surface area contributed by atoms with Crippen LogP contribution in [0.15, 0.2) is 32.9 Å². The van der Waals surface area contributed by atoms with Crippen LogP contribution >= 0.6 is 0 Å². The van der Waals surface area contributed by atoms with Gasteiger partial charge in [0.15, 0.2) is 0 Å². The zero-order valence-corrected chi connectivity index (χ0v) is 9.55. The molecule has 14 heavy (non-hydrogen) atoms. The van der Waals surface area contributed by atoms with E-state index in [2.05, 4.69) is 3.77 Å². The molecular formula is C8H11NO3S2. The van der Waals surface area contributed by atoms with Crippen LogP contribution in [0.1, 0.15) is 0 Å². The molecule has 0 bridgehead atoms. The number of sulfonamides is 1. The normalized spacial score (nSPS) is 12.4. The summed E-state index contributed by atoms with van der Waals surface area (Å²) in [6, 6.07) is 6.13. The van der Waals surface area contributed by atoms with Crippen molar-refractivity contribution in [1.29, 1.82) is 0 Å². The molecule has 0 aliphatic heterocycles. The lowest BCUT2D eigenvalue weighted by Gasteiger charge is -2.00. The lowest BCUT2D eigenvalue weighted by molar-refractivity contribution is 0.414. The third kappa shape index (κ3) is 2.55. The second-order valence-electron chi connectivity index (χ2n) is 2.43. The highest BCUT2D eigenvalue weighted by atomic mass is 32.2. The quantitative estimate of drug-likeness (QED) is 0.793. The van der Waals surface area contributed by atoms with Crippen molar-refractivity contribution < 1.29 is 13.2 Å². The van der Waals surface area contributed by atoms with Gasteiger partial charge >= 0.3 is 0 Å². The maximum absolute atomic E-state index is 11.4. The lowest BCUT2D eigenvalue weighted by atomic mass is 10.3. The molecule has 0 spiro atoms. The molecule has 6 heteroatoms. The molecule has 0 aliphatic rings. The van der Waals surface area contributed by atoms with Gasteiger partial charge in [0.1, 0.15) is 5.75 Å². The summed E-state index contributed by atoms with van der Waals surface area (Å²) in [6.45, 7) is 0. The summed E-state index contributed by atoms with van der Waals surface area (Å²) in [7, 11) is -1.95. The maximum atomic E-state index is 11.4. The number of methoxy groups -OCH3 is 1. The Balaban J connectivity index is 3.09. The summed E-state index contributed by atoms with van der Waals surface area (Å²) in [5, 5.41) is 0. The first-order valence-corrected chi connectivity index (χ1v) is 6.54. The van der Waals surface area contributed by atoms with E-state index in [1.807, 2.05) is 0 Å². The second-order valence-corrected chi connectivity index (χ2v) is 4.91. The number of ether oxygens (including phenoxy) is 1. The Labute approximate surface area is 87.1 Å². The van der Waals surface area contributed by atoms with E-state index in [0.717, 1.165) is 0 Å². The van der Waals surface area contributed by atoms with Crippen molar-refractivity contribution in [3.63, 3.8) is 0 Å². The van der Waals surface area contributed by atoms with Crippen LogP contribution in [0.2, 0.25) is 0 Å². The van der Waals surface area contributed by atoms with E-state index in [0.29, 0.717) is 17.3 Å². The minimum atomic E-state index is -3.48. The van der Waals surface area contributed by atoms with Gasteiger partial charge in [-0.2, -0.15) is 8.42 Å². The summed E-state index contributed by atoms with van der Waals surface area (Å²) >= 11 is 0.479. The van der Waals surface area contributed by atoms with Crippen LogP contribution < -0.4 is 4.74 Å². The van der Waals surface area contributed by atoms with Gasteiger partial charge in [-0.25, -0.2) is 0 Å². The van der Waals surface area contributed by atoms with Gasteiger partial charge in [-0.05, 0) is 30.5 Å². The lowest BCUT2D eigenvalue weighted by Crippen LogP contribution is -1.95. The predicted molar refractivity (Wildman–Crippen MR) is 57.3 cm³/mol. The first-order valence-electron chi connectivity index (χ1n) is 3.80. The fourth-order valence-electron chi connectivity index (χ4n) is 0.902. The number of thiol groups is 1. The van der Waals surface area contributed by atoms with E-state index in [1.165, 1.54) is 19.2 Å². The fourth-order valence-corrected chi connectivity index (χ4v) is 2.62. The first kappa shape index (κ1) is 11.2. The SMILES string of the molecule is COc1ccc(S(=O)(=O)N=[SH]C)cc1. The second kappa shape index (κ2) is 4.56. The molecule has 1 aromatic rings. The zero-order chi connectivity index (χ0) is 10.6. The average molecular weight is 233 g/mol. The van der Waals surface area contributed by atoms with Gasteiger partial charge in [0, 0.05) is 0 Å². The Morgan fingerprint density at radius 1 is 1.29 bits per heavy atom. The minimum absolute atomic E-state index is 0.188. The molecule has 0 unspecified atom stereocenters. The van der Waals surface area contributed by atoms with Crippen LogP contribution in [-0.2, 0) is 21.6 Å². The third-order valence-corrected chi connectivity index (χ3v) is 3.93. The van der Waals surface area contributed by atoms with E-state index in [4.69, 9.17) is 4.74 Å². The van der Waals surface area contributed by atoms with Gasteiger partial charge in [-0.3, -0.25) is 0 Å². The number of hydrogen-bond acceptors (Lipinski definition) is 3. The van der Waals surface area contributed by atoms with Crippen molar-refractivity contribution in [3.05, 3.63) is 24.3 Å². The molecule has 1 aromatic carbocycles.